The Morgan fingerprint density at radius 3 is 2.70 bits per heavy atom. The molecule has 5 aliphatic carbocycles. The van der Waals surface area contributed by atoms with Crippen molar-refractivity contribution in [3.05, 3.63) is 72.0 Å². The van der Waals surface area contributed by atoms with Crippen LogP contribution in [-0.4, -0.2) is 55.7 Å². The summed E-state index contributed by atoms with van der Waals surface area (Å²) in [5, 5.41) is 15.3. The molecule has 3 saturated heterocycles. The van der Waals surface area contributed by atoms with Crippen molar-refractivity contribution in [2.45, 2.75) is 133 Å². The maximum absolute atomic E-state index is 4.15. The number of anilines is 1. The fourth-order valence-corrected chi connectivity index (χ4v) is 15.4. The number of para-hydroxylation sites is 1. The van der Waals surface area contributed by atoms with Crippen molar-refractivity contribution < 1.29 is 0 Å². The number of nitrogens with zero attached hydrogens (tertiary/aromatic N) is 1. The topological polar surface area (TPSA) is 39.3 Å². The average molecular weight is 671 g/mol. The van der Waals surface area contributed by atoms with Crippen LogP contribution in [0, 0.1) is 23.7 Å². The second-order valence-corrected chi connectivity index (χ2v) is 19.5. The summed E-state index contributed by atoms with van der Waals surface area (Å²) in [5.74, 6) is 2.91. The van der Waals surface area contributed by atoms with Gasteiger partial charge in [0.2, 0.25) is 0 Å². The molecule has 5 fully saturated rings. The standard InChI is InChI=1S/C39H50N4S3/c1-4-10-34-29(7-1)40-37(44-34)23-13-17-26(18-14-23)43-32-19-15-24(38-41-30-8-2-5-11-35(30)45-38)21-27(32)28-22-25(16-20-33(28)43)39-42-31-9-3-6-12-36(31)46-39/h1,4-5,7,10-11,16-17,20,22-24,27-28,30-33,35-42H,2-3,6,8-9,12-15,18-19,21H2. The van der Waals surface area contributed by atoms with Gasteiger partial charge in [-0.15, -0.1) is 23.5 Å². The highest BCUT2D eigenvalue weighted by atomic mass is 32.2. The van der Waals surface area contributed by atoms with E-state index in [1.807, 2.05) is 0 Å². The molecular weight excluding hydrogens is 621 g/mol. The smallest absolute Gasteiger partial charge is 0.0801 e. The number of likely N-dealkylation sites (tertiary alicyclic amines) is 1. The van der Waals surface area contributed by atoms with Crippen LogP contribution >= 0.6 is 35.3 Å². The first-order valence-corrected chi connectivity index (χ1v) is 21.4. The fourth-order valence-electron chi connectivity index (χ4n) is 10.8. The third-order valence-electron chi connectivity index (χ3n) is 13.1. The van der Waals surface area contributed by atoms with Crippen LogP contribution < -0.4 is 16.0 Å². The minimum atomic E-state index is 0.495. The van der Waals surface area contributed by atoms with Gasteiger partial charge in [-0.05, 0) is 99.7 Å². The highest BCUT2D eigenvalue weighted by Crippen LogP contribution is 2.54. The van der Waals surface area contributed by atoms with Gasteiger partial charge in [-0.3, -0.25) is 5.32 Å². The van der Waals surface area contributed by atoms with E-state index in [9.17, 15) is 0 Å². The predicted molar refractivity (Wildman–Crippen MR) is 197 cm³/mol. The van der Waals surface area contributed by atoms with Crippen molar-refractivity contribution in [2.24, 2.45) is 23.7 Å². The van der Waals surface area contributed by atoms with Crippen LogP contribution in [-0.2, 0) is 0 Å². The van der Waals surface area contributed by atoms with Gasteiger partial charge in [-0.1, -0.05) is 73.2 Å². The van der Waals surface area contributed by atoms with Crippen LogP contribution in [0.1, 0.15) is 77.0 Å². The maximum atomic E-state index is 4.15. The maximum Gasteiger partial charge on any atom is 0.0801 e. The molecule has 3 N–H and O–H groups in total. The summed E-state index contributed by atoms with van der Waals surface area (Å²) in [6.07, 6.45) is 31.7. The molecule has 2 saturated carbocycles. The van der Waals surface area contributed by atoms with Crippen LogP contribution in [0.4, 0.5) is 5.69 Å². The van der Waals surface area contributed by atoms with Gasteiger partial charge in [0.25, 0.3) is 0 Å². The SMILES string of the molecule is C1=CC2SC(C3CCC4C(C3)C3C=C(C5NC6CCCCC6S5)C=CC3N4C3=CCC(C4Nc5ccccc5S4)CC3)NC2CC1. The van der Waals surface area contributed by atoms with E-state index in [1.165, 1.54) is 87.6 Å². The minimum absolute atomic E-state index is 0.495. The molecule has 0 bridgehead atoms. The molecule has 0 spiro atoms. The molecule has 7 heteroatoms. The summed E-state index contributed by atoms with van der Waals surface area (Å²) in [4.78, 5) is 4.42. The highest BCUT2D eigenvalue weighted by Gasteiger charge is 2.53. The van der Waals surface area contributed by atoms with Crippen molar-refractivity contribution in [3.8, 4) is 0 Å². The number of fused-ring (bicyclic) bond motifs is 6. The number of hydrogen-bond donors (Lipinski definition) is 3. The first-order chi connectivity index (χ1) is 22.7. The third-order valence-corrected chi connectivity index (χ3v) is 17.7. The van der Waals surface area contributed by atoms with E-state index in [0.717, 1.165) is 23.1 Å². The lowest BCUT2D eigenvalue weighted by Crippen LogP contribution is -2.43. The van der Waals surface area contributed by atoms with E-state index < -0.39 is 0 Å². The lowest BCUT2D eigenvalue weighted by molar-refractivity contribution is 0.154. The molecule has 0 amide bonds. The van der Waals surface area contributed by atoms with Crippen molar-refractivity contribution >= 4 is 41.0 Å². The summed E-state index contributed by atoms with van der Waals surface area (Å²) >= 11 is 6.57. The Morgan fingerprint density at radius 2 is 1.80 bits per heavy atom. The van der Waals surface area contributed by atoms with Crippen LogP contribution in [0.3, 0.4) is 0 Å². The second-order valence-electron chi connectivity index (χ2n) is 15.6. The Balaban J connectivity index is 0.897. The Kier molecular flexibility index (Phi) is 7.90. The van der Waals surface area contributed by atoms with Crippen molar-refractivity contribution in [1.82, 2.24) is 15.5 Å². The van der Waals surface area contributed by atoms with Crippen LogP contribution in [0.15, 0.2) is 76.9 Å². The van der Waals surface area contributed by atoms with Crippen LogP contribution in [0.5, 0.6) is 0 Å². The van der Waals surface area contributed by atoms with E-state index >= 15 is 0 Å². The van der Waals surface area contributed by atoms with E-state index in [1.54, 1.807) is 11.3 Å². The molecule has 13 unspecified atom stereocenters. The summed E-state index contributed by atoms with van der Waals surface area (Å²) in [5.41, 5.74) is 4.60. The van der Waals surface area contributed by atoms with E-state index in [0.29, 0.717) is 51.3 Å². The number of nitrogens with one attached hydrogen (secondary N) is 3. The quantitative estimate of drug-likeness (QED) is 0.278. The van der Waals surface area contributed by atoms with Crippen molar-refractivity contribution in [1.29, 1.82) is 0 Å². The molecule has 0 radical (unpaired) electrons. The molecule has 46 heavy (non-hydrogen) atoms. The van der Waals surface area contributed by atoms with E-state index in [-0.39, 0.29) is 0 Å². The first kappa shape index (κ1) is 29.6. The lowest BCUT2D eigenvalue weighted by atomic mass is 9.72. The predicted octanol–water partition coefficient (Wildman–Crippen LogP) is 8.52. The molecule has 1 aromatic rings. The molecule has 4 nitrogen and oxygen atoms in total. The largest absolute Gasteiger partial charge is 0.372 e. The Bertz CT molecular complexity index is 1420. The number of rotatable bonds is 4. The molecule has 1 aromatic carbocycles. The molecule has 13 atom stereocenters. The van der Waals surface area contributed by atoms with Gasteiger partial charge < -0.3 is 15.5 Å². The molecule has 4 heterocycles. The molecule has 4 aliphatic heterocycles. The van der Waals surface area contributed by atoms with Crippen molar-refractivity contribution in [2.75, 3.05) is 5.32 Å². The molecule has 244 valence electrons. The Morgan fingerprint density at radius 1 is 0.848 bits per heavy atom. The monoisotopic (exact) mass is 670 g/mol. The number of benzene rings is 1. The van der Waals surface area contributed by atoms with E-state index in [4.69, 9.17) is 0 Å². The molecule has 9 aliphatic rings. The highest BCUT2D eigenvalue weighted by molar-refractivity contribution is 8.01. The van der Waals surface area contributed by atoms with Gasteiger partial charge in [0.1, 0.15) is 0 Å². The summed E-state index contributed by atoms with van der Waals surface area (Å²) in [7, 11) is 0. The number of thioether (sulfide) groups is 3. The normalized spacial score (nSPS) is 45.7. The van der Waals surface area contributed by atoms with Gasteiger partial charge >= 0.3 is 0 Å². The average Bonchev–Trinajstić information content (AvgIpc) is 3.90. The van der Waals surface area contributed by atoms with Gasteiger partial charge in [-0.25, -0.2) is 0 Å². The third kappa shape index (κ3) is 5.20. The zero-order valence-corrected chi connectivity index (χ0v) is 29.4. The summed E-state index contributed by atoms with van der Waals surface area (Å²) in [6.45, 7) is 0. The van der Waals surface area contributed by atoms with E-state index in [2.05, 4.69) is 117 Å². The summed E-state index contributed by atoms with van der Waals surface area (Å²) in [6, 6.07) is 11.5. The van der Waals surface area contributed by atoms with Gasteiger partial charge in [0, 0.05) is 50.8 Å². The first-order valence-electron chi connectivity index (χ1n) is 18.6. The van der Waals surface area contributed by atoms with Gasteiger partial charge in [0.15, 0.2) is 0 Å². The molecular formula is C39H50N4S3. The molecule has 0 aromatic heterocycles. The second kappa shape index (κ2) is 12.3. The molecule has 10 rings (SSSR count). The van der Waals surface area contributed by atoms with Gasteiger partial charge in [0.05, 0.1) is 22.2 Å². The number of hydrogen-bond acceptors (Lipinski definition) is 7. The van der Waals surface area contributed by atoms with Gasteiger partial charge in [-0.2, -0.15) is 0 Å². The zero-order valence-electron chi connectivity index (χ0n) is 26.9. The zero-order chi connectivity index (χ0) is 30.2. The number of allylic oxidation sites excluding steroid dienone is 3. The Hall–Kier alpha value is -1.25. The fraction of sp³-hybridized carbons (Fsp3) is 0.641. The van der Waals surface area contributed by atoms with Crippen molar-refractivity contribution in [3.63, 3.8) is 0 Å². The lowest BCUT2D eigenvalue weighted by Gasteiger charge is -2.41. The van der Waals surface area contributed by atoms with Crippen LogP contribution in [0.2, 0.25) is 0 Å². The van der Waals surface area contributed by atoms with Crippen LogP contribution in [0.25, 0.3) is 0 Å². The summed E-state index contributed by atoms with van der Waals surface area (Å²) < 4.78 is 0. The Labute approximate surface area is 288 Å². The minimum Gasteiger partial charge on any atom is -0.372 e.